The Morgan fingerprint density at radius 2 is 2.46 bits per heavy atom. The number of carboxylic acids is 1. The van der Waals surface area contributed by atoms with Crippen LogP contribution in [0, 0.1) is 0 Å². The van der Waals surface area contributed by atoms with Crippen molar-refractivity contribution in [2.24, 2.45) is 0 Å². The normalized spacial score (nSPS) is 16.8. The van der Waals surface area contributed by atoms with Gasteiger partial charge in [-0.25, -0.2) is 0 Å². The number of rotatable bonds is 1. The number of fused-ring (bicyclic) bond motifs is 1. The van der Waals surface area contributed by atoms with E-state index in [-0.39, 0.29) is 0 Å². The molecule has 0 amide bonds. The summed E-state index contributed by atoms with van der Waals surface area (Å²) in [5.74, 6) is -0.790. The van der Waals surface area contributed by atoms with Crippen LogP contribution < -0.4 is 0 Å². The third-order valence-corrected chi connectivity index (χ3v) is 5.05. The maximum absolute atomic E-state index is 10.7. The number of hydrogen-bond donors (Lipinski definition) is 1. The van der Waals surface area contributed by atoms with Crippen molar-refractivity contribution in [3.8, 4) is 0 Å². The number of nitrogens with zero attached hydrogens (tertiary/aromatic N) is 1. The predicted octanol–water partition coefficient (Wildman–Crippen LogP) is 0.888. The van der Waals surface area contributed by atoms with Gasteiger partial charge >= 0.3 is 96.9 Å². The van der Waals surface area contributed by atoms with Crippen LogP contribution in [-0.4, -0.2) is 46.4 Å². The Kier molecular flexibility index (Phi) is 2.70. The number of hydrogen-bond acceptors (Lipinski definition) is 3. The molecule has 0 saturated carbocycles. The molecule has 0 unspecified atom stereocenters. The van der Waals surface area contributed by atoms with Gasteiger partial charge in [0.15, 0.2) is 0 Å². The molecule has 0 saturated heterocycles. The Bertz CT molecular complexity index is 350. The molecule has 3 nitrogen and oxygen atoms in total. The molecule has 2 rings (SSSR count). The molecule has 66 valence electrons. The number of carbonyl (C=O) groups is 1. The average molecular weight is 387 g/mol. The fraction of sp³-hybridized carbons (Fsp3) is 0.375. The summed E-state index contributed by atoms with van der Waals surface area (Å²) in [7, 11) is 0. The molecule has 1 aromatic rings. The van der Waals surface area contributed by atoms with Crippen LogP contribution in [0.3, 0.4) is 0 Å². The monoisotopic (exact) mass is 387 g/mol. The molecule has 1 N–H and O–H groups in total. The third-order valence-electron chi connectivity index (χ3n) is 2.11. The van der Waals surface area contributed by atoms with Gasteiger partial charge in [0.2, 0.25) is 0 Å². The Morgan fingerprint density at radius 3 is 3.15 bits per heavy atom. The van der Waals surface area contributed by atoms with Crippen molar-refractivity contribution in [2.75, 3.05) is 6.54 Å². The van der Waals surface area contributed by atoms with Crippen LogP contribution in [0.15, 0.2) is 6.07 Å². The second-order valence-corrected chi connectivity index (χ2v) is 7.06. The van der Waals surface area contributed by atoms with Crippen LogP contribution >= 0.6 is 11.3 Å². The molecule has 0 fully saturated rings. The molecule has 1 aromatic heterocycles. The second kappa shape index (κ2) is 3.66. The summed E-state index contributed by atoms with van der Waals surface area (Å²) < 4.78 is 2.38. The van der Waals surface area contributed by atoms with Gasteiger partial charge in [-0.3, -0.25) is 0 Å². The SMILES string of the molecule is O=C(O)c1cc2c(s1)CC[N]([Tl])C2. The van der Waals surface area contributed by atoms with Crippen molar-refractivity contribution in [2.45, 2.75) is 13.0 Å². The summed E-state index contributed by atoms with van der Waals surface area (Å²) in [4.78, 5) is 12.5. The van der Waals surface area contributed by atoms with Crippen LogP contribution in [-0.2, 0) is 13.0 Å². The topological polar surface area (TPSA) is 40.5 Å². The molecule has 1 aliphatic heterocycles. The molecule has 13 heavy (non-hydrogen) atoms. The van der Waals surface area contributed by atoms with Gasteiger partial charge in [0.05, 0.1) is 0 Å². The molecule has 0 aromatic carbocycles. The van der Waals surface area contributed by atoms with Gasteiger partial charge in [-0.2, -0.15) is 0 Å². The number of thiophene rings is 1. The molecular formula is C8H8NO2STl. The first-order valence-corrected chi connectivity index (χ1v) is 6.84. The maximum atomic E-state index is 10.7. The van der Waals surface area contributed by atoms with Crippen molar-refractivity contribution < 1.29 is 9.90 Å². The fourth-order valence-electron chi connectivity index (χ4n) is 1.46. The quantitative estimate of drug-likeness (QED) is 0.729. The minimum atomic E-state index is -0.790. The van der Waals surface area contributed by atoms with E-state index in [0.29, 0.717) is 4.88 Å². The Morgan fingerprint density at radius 1 is 1.69 bits per heavy atom. The van der Waals surface area contributed by atoms with Crippen molar-refractivity contribution in [1.29, 1.82) is 0 Å². The van der Waals surface area contributed by atoms with E-state index in [1.54, 1.807) is 0 Å². The summed E-state index contributed by atoms with van der Waals surface area (Å²) in [5.41, 5.74) is 1.23. The van der Waals surface area contributed by atoms with Gasteiger partial charge in [-0.05, 0) is 0 Å². The first kappa shape index (κ1) is 9.60. The van der Waals surface area contributed by atoms with Crippen LogP contribution in [0.25, 0.3) is 0 Å². The van der Waals surface area contributed by atoms with E-state index in [2.05, 4.69) is 2.71 Å². The zero-order valence-corrected chi connectivity index (χ0v) is 12.3. The molecule has 0 aliphatic carbocycles. The average Bonchev–Trinajstić information content (AvgIpc) is 2.46. The van der Waals surface area contributed by atoms with Gasteiger partial charge in [0.1, 0.15) is 0 Å². The van der Waals surface area contributed by atoms with Gasteiger partial charge in [-0.15, -0.1) is 0 Å². The van der Waals surface area contributed by atoms with Gasteiger partial charge in [-0.1, -0.05) is 0 Å². The van der Waals surface area contributed by atoms with Crippen LogP contribution in [0.1, 0.15) is 20.1 Å². The molecule has 2 heterocycles. The summed E-state index contributed by atoms with van der Waals surface area (Å²) in [6.07, 6.45) is 1.03. The predicted molar refractivity (Wildman–Crippen MR) is 51.1 cm³/mol. The standard InChI is InChI=1S/C8H8NO2S.Tl/c10-8(11)7-3-5-4-9-2-1-6(5)12-7;/h3H,1-2,4H2,(H,10,11);/q-1;+1. The van der Waals surface area contributed by atoms with Crippen molar-refractivity contribution in [3.05, 3.63) is 21.4 Å². The molecule has 0 atom stereocenters. The van der Waals surface area contributed by atoms with Gasteiger partial charge in [0.25, 0.3) is 0 Å². The van der Waals surface area contributed by atoms with E-state index in [0.717, 1.165) is 45.6 Å². The summed E-state index contributed by atoms with van der Waals surface area (Å²) in [5, 5.41) is 8.81. The number of aromatic carboxylic acids is 1. The summed E-state index contributed by atoms with van der Waals surface area (Å²) >= 11 is 2.30. The van der Waals surface area contributed by atoms with Crippen LogP contribution in [0.5, 0.6) is 0 Å². The van der Waals surface area contributed by atoms with Crippen LogP contribution in [0.4, 0.5) is 0 Å². The molecule has 1 aliphatic rings. The Labute approximate surface area is 96.5 Å². The zero-order valence-electron chi connectivity index (χ0n) is 6.99. The van der Waals surface area contributed by atoms with E-state index < -0.39 is 5.97 Å². The first-order valence-electron chi connectivity index (χ1n) is 4.01. The molecular weight excluding hydrogens is 379 g/mol. The summed E-state index contributed by atoms with van der Waals surface area (Å²) in [6, 6.07) is 1.83. The molecule has 0 radical (unpaired) electrons. The molecule has 0 bridgehead atoms. The first-order chi connectivity index (χ1) is 6.16. The van der Waals surface area contributed by atoms with Crippen molar-refractivity contribution in [3.63, 3.8) is 0 Å². The van der Waals surface area contributed by atoms with E-state index in [4.69, 9.17) is 5.11 Å². The van der Waals surface area contributed by atoms with E-state index >= 15 is 0 Å². The number of carboxylic acid groups (broad SMARTS) is 1. The summed E-state index contributed by atoms with van der Waals surface area (Å²) in [6.45, 7) is 2.07. The minimum absolute atomic E-state index is 0.491. The Hall–Kier alpha value is 0.0521. The van der Waals surface area contributed by atoms with Gasteiger partial charge in [0, 0.05) is 0 Å². The van der Waals surface area contributed by atoms with Gasteiger partial charge < -0.3 is 0 Å². The van der Waals surface area contributed by atoms with E-state index in [9.17, 15) is 4.79 Å². The molecule has 5 heteroatoms. The third kappa shape index (κ3) is 1.94. The van der Waals surface area contributed by atoms with Crippen LogP contribution in [0.2, 0.25) is 0 Å². The Balaban J connectivity index is 2.33. The zero-order chi connectivity index (χ0) is 9.42. The molecule has 0 spiro atoms. The van der Waals surface area contributed by atoms with Crippen molar-refractivity contribution >= 4 is 43.4 Å². The van der Waals surface area contributed by atoms with E-state index in [1.807, 2.05) is 6.07 Å². The van der Waals surface area contributed by atoms with Crippen molar-refractivity contribution in [1.82, 2.24) is 2.71 Å². The fourth-order valence-corrected chi connectivity index (χ4v) is 3.73. The second-order valence-electron chi connectivity index (χ2n) is 3.08. The van der Waals surface area contributed by atoms with E-state index in [1.165, 1.54) is 21.8 Å².